The lowest BCUT2D eigenvalue weighted by molar-refractivity contribution is 0.475. The van der Waals surface area contributed by atoms with Crippen molar-refractivity contribution in [3.8, 4) is 33.8 Å². The van der Waals surface area contributed by atoms with E-state index < -0.39 is 0 Å². The van der Waals surface area contributed by atoms with E-state index in [1.807, 2.05) is 67.5 Å². The maximum Gasteiger partial charge on any atom is 0.123 e. The molecule has 2 N–H and O–H groups in total. The number of aromatic hydroxyl groups is 2. The molecule has 0 fully saturated rings. The number of rotatable bonds is 3. The topological polar surface area (TPSA) is 43.7 Å². The molecule has 0 atom stereocenters. The monoisotopic (exact) mass is 305 g/mol. The Labute approximate surface area is 136 Å². The van der Waals surface area contributed by atoms with Crippen LogP contribution in [0.25, 0.3) is 22.3 Å². The smallest absolute Gasteiger partial charge is 0.123 e. The molecular formula is C20H19NO2. The van der Waals surface area contributed by atoms with Crippen LogP contribution in [0.4, 0.5) is 5.69 Å². The van der Waals surface area contributed by atoms with Gasteiger partial charge in [0.25, 0.3) is 0 Å². The van der Waals surface area contributed by atoms with Gasteiger partial charge in [0.15, 0.2) is 0 Å². The van der Waals surface area contributed by atoms with E-state index >= 15 is 0 Å². The summed E-state index contributed by atoms with van der Waals surface area (Å²) in [5.74, 6) is 0.462. The number of hydrogen-bond donors (Lipinski definition) is 2. The Morgan fingerprint density at radius 1 is 0.739 bits per heavy atom. The normalized spacial score (nSPS) is 10.5. The summed E-state index contributed by atoms with van der Waals surface area (Å²) < 4.78 is 0. The molecule has 0 saturated carbocycles. The average Bonchev–Trinajstić information content (AvgIpc) is 2.54. The van der Waals surface area contributed by atoms with Gasteiger partial charge in [0, 0.05) is 30.9 Å². The summed E-state index contributed by atoms with van der Waals surface area (Å²) in [6, 6.07) is 20.5. The minimum absolute atomic E-state index is 0.222. The van der Waals surface area contributed by atoms with Crippen LogP contribution in [-0.2, 0) is 0 Å². The van der Waals surface area contributed by atoms with Crippen molar-refractivity contribution in [1.29, 1.82) is 0 Å². The van der Waals surface area contributed by atoms with Gasteiger partial charge in [-0.2, -0.15) is 0 Å². The summed E-state index contributed by atoms with van der Waals surface area (Å²) in [5, 5.41) is 20.1. The highest BCUT2D eigenvalue weighted by molar-refractivity contribution is 5.93. The maximum atomic E-state index is 10.3. The van der Waals surface area contributed by atoms with Crippen molar-refractivity contribution in [3.05, 3.63) is 66.7 Å². The van der Waals surface area contributed by atoms with Crippen LogP contribution < -0.4 is 4.90 Å². The Balaban J connectivity index is 2.33. The van der Waals surface area contributed by atoms with Gasteiger partial charge in [0.05, 0.1) is 0 Å². The molecule has 0 saturated heterocycles. The fourth-order valence-electron chi connectivity index (χ4n) is 2.80. The first-order valence-corrected chi connectivity index (χ1v) is 7.46. The molecular weight excluding hydrogens is 286 g/mol. The third-order valence-corrected chi connectivity index (χ3v) is 3.85. The highest BCUT2D eigenvalue weighted by atomic mass is 16.3. The molecule has 0 amide bonds. The minimum atomic E-state index is 0.222. The number of anilines is 1. The number of para-hydroxylation sites is 1. The van der Waals surface area contributed by atoms with Crippen molar-refractivity contribution < 1.29 is 10.2 Å². The molecule has 0 spiro atoms. The van der Waals surface area contributed by atoms with Gasteiger partial charge in [-0.1, -0.05) is 42.5 Å². The molecule has 0 aromatic heterocycles. The molecule has 0 aliphatic heterocycles. The Morgan fingerprint density at radius 2 is 1.43 bits per heavy atom. The summed E-state index contributed by atoms with van der Waals surface area (Å²) in [5.41, 5.74) is 4.62. The molecule has 3 aromatic rings. The molecule has 3 nitrogen and oxygen atoms in total. The average molecular weight is 305 g/mol. The standard InChI is InChI=1S/C20H19NO2/c1-21(2)18-11-6-10-17(16-9-3-4-12-19(16)23)20(18)14-7-5-8-15(22)13-14/h3-13,22-23H,1-2H3. The van der Waals surface area contributed by atoms with E-state index in [2.05, 4.69) is 0 Å². The maximum absolute atomic E-state index is 10.3. The summed E-state index contributed by atoms with van der Waals surface area (Å²) >= 11 is 0. The summed E-state index contributed by atoms with van der Waals surface area (Å²) in [6.07, 6.45) is 0. The van der Waals surface area contributed by atoms with Crippen LogP contribution in [0.2, 0.25) is 0 Å². The van der Waals surface area contributed by atoms with E-state index in [0.29, 0.717) is 0 Å². The van der Waals surface area contributed by atoms with Crippen LogP contribution in [0, 0.1) is 0 Å². The highest BCUT2D eigenvalue weighted by Crippen LogP contribution is 2.42. The van der Waals surface area contributed by atoms with Gasteiger partial charge in [0.2, 0.25) is 0 Å². The molecule has 116 valence electrons. The van der Waals surface area contributed by atoms with Crippen LogP contribution in [0.1, 0.15) is 0 Å². The zero-order valence-electron chi connectivity index (χ0n) is 13.2. The Bertz CT molecular complexity index is 841. The Morgan fingerprint density at radius 3 is 2.13 bits per heavy atom. The second kappa shape index (κ2) is 6.05. The van der Waals surface area contributed by atoms with Crippen LogP contribution in [0.5, 0.6) is 11.5 Å². The molecule has 3 heteroatoms. The number of benzene rings is 3. The lowest BCUT2D eigenvalue weighted by Gasteiger charge is -2.21. The second-order valence-corrected chi connectivity index (χ2v) is 5.66. The van der Waals surface area contributed by atoms with Crippen LogP contribution in [0.15, 0.2) is 66.7 Å². The predicted molar refractivity (Wildman–Crippen MR) is 95.0 cm³/mol. The van der Waals surface area contributed by atoms with Crippen LogP contribution in [0.3, 0.4) is 0 Å². The highest BCUT2D eigenvalue weighted by Gasteiger charge is 2.16. The summed E-state index contributed by atoms with van der Waals surface area (Å²) in [6.45, 7) is 0. The SMILES string of the molecule is CN(C)c1cccc(-c2ccccc2O)c1-c1cccc(O)c1. The van der Waals surface area contributed by atoms with Gasteiger partial charge in [-0.25, -0.2) is 0 Å². The number of nitrogens with zero attached hydrogens (tertiary/aromatic N) is 1. The number of hydrogen-bond acceptors (Lipinski definition) is 3. The van der Waals surface area contributed by atoms with Gasteiger partial charge in [-0.3, -0.25) is 0 Å². The van der Waals surface area contributed by atoms with E-state index in [1.165, 1.54) is 0 Å². The van der Waals surface area contributed by atoms with Crippen molar-refractivity contribution in [3.63, 3.8) is 0 Å². The first-order valence-electron chi connectivity index (χ1n) is 7.46. The van der Waals surface area contributed by atoms with Gasteiger partial charge >= 0.3 is 0 Å². The molecule has 0 unspecified atom stereocenters. The minimum Gasteiger partial charge on any atom is -0.508 e. The van der Waals surface area contributed by atoms with E-state index in [9.17, 15) is 10.2 Å². The first kappa shape index (κ1) is 15.0. The zero-order valence-corrected chi connectivity index (χ0v) is 13.2. The van der Waals surface area contributed by atoms with E-state index in [4.69, 9.17) is 0 Å². The lowest BCUT2D eigenvalue weighted by atomic mass is 9.92. The quantitative estimate of drug-likeness (QED) is 0.749. The molecule has 23 heavy (non-hydrogen) atoms. The fourth-order valence-corrected chi connectivity index (χ4v) is 2.80. The van der Waals surface area contributed by atoms with Gasteiger partial charge in [-0.15, -0.1) is 0 Å². The van der Waals surface area contributed by atoms with E-state index in [-0.39, 0.29) is 11.5 Å². The van der Waals surface area contributed by atoms with Crippen molar-refractivity contribution in [2.75, 3.05) is 19.0 Å². The van der Waals surface area contributed by atoms with Crippen molar-refractivity contribution >= 4 is 5.69 Å². The summed E-state index contributed by atoms with van der Waals surface area (Å²) in [4.78, 5) is 2.03. The fraction of sp³-hybridized carbons (Fsp3) is 0.100. The third-order valence-electron chi connectivity index (χ3n) is 3.85. The molecule has 0 aliphatic carbocycles. The van der Waals surface area contributed by atoms with Gasteiger partial charge < -0.3 is 15.1 Å². The second-order valence-electron chi connectivity index (χ2n) is 5.66. The molecule has 0 radical (unpaired) electrons. The molecule has 3 aromatic carbocycles. The van der Waals surface area contributed by atoms with Crippen molar-refractivity contribution in [2.24, 2.45) is 0 Å². The Hall–Kier alpha value is -2.94. The molecule has 3 rings (SSSR count). The summed E-state index contributed by atoms with van der Waals surface area (Å²) in [7, 11) is 3.96. The molecule has 0 aliphatic rings. The number of phenols is 2. The first-order chi connectivity index (χ1) is 11.1. The lowest BCUT2D eigenvalue weighted by Crippen LogP contribution is -2.10. The largest absolute Gasteiger partial charge is 0.508 e. The Kier molecular flexibility index (Phi) is 3.94. The predicted octanol–water partition coefficient (Wildman–Crippen LogP) is 4.50. The third kappa shape index (κ3) is 2.86. The van der Waals surface area contributed by atoms with Gasteiger partial charge in [-0.05, 0) is 35.4 Å². The molecule has 0 bridgehead atoms. The van der Waals surface area contributed by atoms with Crippen molar-refractivity contribution in [1.82, 2.24) is 0 Å². The van der Waals surface area contributed by atoms with Crippen LogP contribution in [-0.4, -0.2) is 24.3 Å². The zero-order chi connectivity index (χ0) is 16.4. The molecule has 0 heterocycles. The van der Waals surface area contributed by atoms with E-state index in [1.54, 1.807) is 18.2 Å². The van der Waals surface area contributed by atoms with Gasteiger partial charge in [0.1, 0.15) is 11.5 Å². The van der Waals surface area contributed by atoms with E-state index in [0.717, 1.165) is 27.9 Å². The van der Waals surface area contributed by atoms with Crippen LogP contribution >= 0.6 is 0 Å². The van der Waals surface area contributed by atoms with Crippen molar-refractivity contribution in [2.45, 2.75) is 0 Å². The number of phenolic OH excluding ortho intramolecular Hbond substituents is 2.